The lowest BCUT2D eigenvalue weighted by molar-refractivity contribution is -0.166. The van der Waals surface area contributed by atoms with Crippen molar-refractivity contribution in [3.63, 3.8) is 0 Å². The summed E-state index contributed by atoms with van der Waals surface area (Å²) >= 11 is 4.68. The molecule has 0 fully saturated rings. The van der Waals surface area contributed by atoms with Crippen LogP contribution < -0.4 is 5.73 Å². The molecule has 1 aromatic heterocycles. The van der Waals surface area contributed by atoms with Crippen LogP contribution in [-0.2, 0) is 11.3 Å². The Morgan fingerprint density at radius 2 is 2.18 bits per heavy atom. The van der Waals surface area contributed by atoms with Gasteiger partial charge in [0.15, 0.2) is 0 Å². The molecule has 1 unspecified atom stereocenters. The lowest BCUT2D eigenvalue weighted by atomic mass is 10.2. The molecular formula is C8H11F3N4OS. The highest BCUT2D eigenvalue weighted by molar-refractivity contribution is 7.80. The van der Waals surface area contributed by atoms with Gasteiger partial charge in [-0.05, 0) is 6.92 Å². The standard InChI is InChI=1S/C8H11F3N4OS/c1-4(8(9,10)11)15-5(3-16-2)6(7(12)17)13-14-15/h4H,3H2,1-2H3,(H2,12,17). The summed E-state index contributed by atoms with van der Waals surface area (Å²) in [5, 5.41) is 6.96. The van der Waals surface area contributed by atoms with Crippen molar-refractivity contribution in [2.45, 2.75) is 25.7 Å². The van der Waals surface area contributed by atoms with E-state index in [1.165, 1.54) is 7.11 Å². The molecule has 1 rings (SSSR count). The summed E-state index contributed by atoms with van der Waals surface area (Å²) in [6.45, 7) is 0.872. The third kappa shape index (κ3) is 2.91. The van der Waals surface area contributed by atoms with E-state index in [1.807, 2.05) is 0 Å². The van der Waals surface area contributed by atoms with Crippen LogP contribution in [0.1, 0.15) is 24.4 Å². The molecular weight excluding hydrogens is 257 g/mol. The summed E-state index contributed by atoms with van der Waals surface area (Å²) in [7, 11) is 1.35. The Kier molecular flexibility index (Phi) is 4.04. The molecule has 0 saturated heterocycles. The largest absolute Gasteiger partial charge is 0.410 e. The number of nitrogens with two attached hydrogens (primary N) is 1. The summed E-state index contributed by atoms with van der Waals surface area (Å²) in [5.74, 6) is 0. The number of hydrogen-bond acceptors (Lipinski definition) is 4. The third-order valence-electron chi connectivity index (χ3n) is 2.15. The van der Waals surface area contributed by atoms with Crippen LogP contribution in [0.3, 0.4) is 0 Å². The number of thiocarbonyl (C=S) groups is 1. The maximum Gasteiger partial charge on any atom is 0.410 e. The number of hydrogen-bond donors (Lipinski definition) is 1. The Morgan fingerprint density at radius 3 is 2.59 bits per heavy atom. The van der Waals surface area contributed by atoms with Crippen molar-refractivity contribution >= 4 is 17.2 Å². The Balaban J connectivity index is 3.20. The number of halogens is 3. The van der Waals surface area contributed by atoms with Gasteiger partial charge in [-0.1, -0.05) is 17.4 Å². The number of alkyl halides is 3. The number of nitrogens with zero attached hydrogens (tertiary/aromatic N) is 3. The second-order valence-corrected chi connectivity index (χ2v) is 3.78. The van der Waals surface area contributed by atoms with Crippen molar-refractivity contribution < 1.29 is 17.9 Å². The molecule has 17 heavy (non-hydrogen) atoms. The first-order valence-corrected chi connectivity index (χ1v) is 4.99. The summed E-state index contributed by atoms with van der Waals surface area (Å²) < 4.78 is 43.2. The number of aromatic nitrogens is 3. The second-order valence-electron chi connectivity index (χ2n) is 3.34. The van der Waals surface area contributed by atoms with Crippen LogP contribution in [0.25, 0.3) is 0 Å². The predicted molar refractivity (Wildman–Crippen MR) is 57.4 cm³/mol. The molecule has 0 spiro atoms. The van der Waals surface area contributed by atoms with Crippen LogP contribution in [0.15, 0.2) is 0 Å². The van der Waals surface area contributed by atoms with Crippen LogP contribution >= 0.6 is 12.2 Å². The van der Waals surface area contributed by atoms with E-state index in [0.717, 1.165) is 11.6 Å². The van der Waals surface area contributed by atoms with Gasteiger partial charge in [-0.15, -0.1) is 5.10 Å². The van der Waals surface area contributed by atoms with Gasteiger partial charge in [0.25, 0.3) is 0 Å². The lowest BCUT2D eigenvalue weighted by Gasteiger charge is -2.17. The molecule has 1 atom stereocenters. The summed E-state index contributed by atoms with van der Waals surface area (Å²) in [5.41, 5.74) is 5.52. The van der Waals surface area contributed by atoms with Crippen LogP contribution in [0.2, 0.25) is 0 Å². The van der Waals surface area contributed by atoms with Crippen LogP contribution in [0, 0.1) is 0 Å². The van der Waals surface area contributed by atoms with Crippen molar-refractivity contribution in [2.75, 3.05) is 7.11 Å². The fraction of sp³-hybridized carbons (Fsp3) is 0.625. The summed E-state index contributed by atoms with van der Waals surface area (Å²) in [6, 6.07) is -1.82. The first kappa shape index (κ1) is 13.8. The van der Waals surface area contributed by atoms with Crippen LogP contribution in [0.5, 0.6) is 0 Å². The number of rotatable bonds is 4. The SMILES string of the molecule is COCc1c(C(N)=S)nnn1C(C)C(F)(F)F. The summed E-state index contributed by atoms with van der Waals surface area (Å²) in [4.78, 5) is -0.113. The zero-order chi connectivity index (χ0) is 13.2. The smallest absolute Gasteiger partial charge is 0.388 e. The van der Waals surface area contributed by atoms with E-state index < -0.39 is 12.2 Å². The monoisotopic (exact) mass is 268 g/mol. The molecule has 2 N–H and O–H groups in total. The maximum absolute atomic E-state index is 12.6. The molecule has 0 amide bonds. The van der Waals surface area contributed by atoms with Crippen molar-refractivity contribution in [3.8, 4) is 0 Å². The molecule has 0 saturated carbocycles. The Hall–Kier alpha value is -1.22. The zero-order valence-electron chi connectivity index (χ0n) is 9.15. The third-order valence-corrected chi connectivity index (χ3v) is 2.34. The van der Waals surface area contributed by atoms with Crippen molar-refractivity contribution in [1.82, 2.24) is 15.0 Å². The molecule has 0 aliphatic rings. The minimum atomic E-state index is -4.43. The molecule has 1 heterocycles. The first-order chi connectivity index (χ1) is 7.79. The van der Waals surface area contributed by atoms with E-state index in [9.17, 15) is 13.2 Å². The Labute approximate surface area is 101 Å². The van der Waals surface area contributed by atoms with E-state index >= 15 is 0 Å². The quantitative estimate of drug-likeness (QED) is 0.831. The highest BCUT2D eigenvalue weighted by atomic mass is 32.1. The van der Waals surface area contributed by atoms with Gasteiger partial charge in [0.1, 0.15) is 16.7 Å². The minimum absolute atomic E-state index is 0.0537. The van der Waals surface area contributed by atoms with E-state index in [2.05, 4.69) is 22.5 Å². The van der Waals surface area contributed by atoms with Gasteiger partial charge in [0, 0.05) is 7.11 Å². The second kappa shape index (κ2) is 4.96. The topological polar surface area (TPSA) is 66.0 Å². The number of methoxy groups -OCH3 is 1. The minimum Gasteiger partial charge on any atom is -0.388 e. The first-order valence-electron chi connectivity index (χ1n) is 4.58. The molecule has 0 bridgehead atoms. The number of ether oxygens (including phenoxy) is 1. The molecule has 5 nitrogen and oxygen atoms in total. The lowest BCUT2D eigenvalue weighted by Crippen LogP contribution is -2.27. The fourth-order valence-corrected chi connectivity index (χ4v) is 1.38. The van der Waals surface area contributed by atoms with E-state index in [4.69, 9.17) is 10.5 Å². The van der Waals surface area contributed by atoms with Crippen molar-refractivity contribution in [2.24, 2.45) is 5.73 Å². The summed E-state index contributed by atoms with van der Waals surface area (Å²) in [6.07, 6.45) is -4.43. The van der Waals surface area contributed by atoms with Gasteiger partial charge in [-0.3, -0.25) is 0 Å². The average molecular weight is 268 g/mol. The van der Waals surface area contributed by atoms with Crippen molar-refractivity contribution in [3.05, 3.63) is 11.4 Å². The van der Waals surface area contributed by atoms with Crippen LogP contribution in [0.4, 0.5) is 13.2 Å². The molecule has 0 aromatic carbocycles. The van der Waals surface area contributed by atoms with Crippen LogP contribution in [-0.4, -0.2) is 33.3 Å². The molecule has 0 aliphatic carbocycles. The molecule has 96 valence electrons. The highest BCUT2D eigenvalue weighted by Crippen LogP contribution is 2.30. The normalized spacial score (nSPS) is 13.7. The fourth-order valence-electron chi connectivity index (χ4n) is 1.23. The molecule has 0 radical (unpaired) electrons. The van der Waals surface area contributed by atoms with Gasteiger partial charge < -0.3 is 10.5 Å². The Bertz CT molecular complexity index is 417. The molecule has 1 aromatic rings. The van der Waals surface area contributed by atoms with E-state index in [1.54, 1.807) is 0 Å². The van der Waals surface area contributed by atoms with Gasteiger partial charge in [0.05, 0.1) is 12.3 Å². The van der Waals surface area contributed by atoms with E-state index in [-0.39, 0.29) is 23.0 Å². The highest BCUT2D eigenvalue weighted by Gasteiger charge is 2.40. The Morgan fingerprint density at radius 1 is 1.59 bits per heavy atom. The predicted octanol–water partition coefficient (Wildman–Crippen LogP) is 1.18. The van der Waals surface area contributed by atoms with Gasteiger partial charge >= 0.3 is 6.18 Å². The molecule has 0 aliphatic heterocycles. The van der Waals surface area contributed by atoms with Crippen molar-refractivity contribution in [1.29, 1.82) is 0 Å². The average Bonchev–Trinajstić information content (AvgIpc) is 2.59. The van der Waals surface area contributed by atoms with Gasteiger partial charge in [-0.2, -0.15) is 13.2 Å². The van der Waals surface area contributed by atoms with Gasteiger partial charge in [0.2, 0.25) is 0 Å². The van der Waals surface area contributed by atoms with E-state index in [0.29, 0.717) is 0 Å². The zero-order valence-corrected chi connectivity index (χ0v) is 9.97. The molecule has 9 heteroatoms. The van der Waals surface area contributed by atoms with Gasteiger partial charge in [-0.25, -0.2) is 4.68 Å². The maximum atomic E-state index is 12.6.